The van der Waals surface area contributed by atoms with Gasteiger partial charge in [0.15, 0.2) is 0 Å². The van der Waals surface area contributed by atoms with E-state index in [4.69, 9.17) is 0 Å². The van der Waals surface area contributed by atoms with Crippen molar-refractivity contribution in [1.82, 2.24) is 10.2 Å². The van der Waals surface area contributed by atoms with E-state index in [0.29, 0.717) is 5.92 Å². The van der Waals surface area contributed by atoms with Crippen molar-refractivity contribution in [1.29, 1.82) is 0 Å². The van der Waals surface area contributed by atoms with E-state index in [9.17, 15) is 9.59 Å². The van der Waals surface area contributed by atoms with Crippen molar-refractivity contribution in [2.75, 3.05) is 0 Å². The molecule has 15 heavy (non-hydrogen) atoms. The van der Waals surface area contributed by atoms with Crippen LogP contribution >= 0.6 is 0 Å². The van der Waals surface area contributed by atoms with Gasteiger partial charge in [-0.3, -0.25) is 9.69 Å². The first-order valence-corrected chi connectivity index (χ1v) is 5.43. The minimum atomic E-state index is -0.648. The van der Waals surface area contributed by atoms with Gasteiger partial charge in [-0.15, -0.1) is 0 Å². The first-order valence-electron chi connectivity index (χ1n) is 5.43. The van der Waals surface area contributed by atoms with E-state index in [1.807, 2.05) is 27.7 Å². The van der Waals surface area contributed by atoms with Crippen LogP contribution in [0.1, 0.15) is 40.5 Å². The Morgan fingerprint density at radius 1 is 1.33 bits per heavy atom. The molecule has 1 heterocycles. The molecule has 4 heteroatoms. The molecule has 0 aromatic rings. The van der Waals surface area contributed by atoms with Gasteiger partial charge in [0.2, 0.25) is 0 Å². The first kappa shape index (κ1) is 10.5. The minimum Gasteiger partial charge on any atom is -0.323 e. The zero-order valence-corrected chi connectivity index (χ0v) is 9.76. The molecule has 0 spiro atoms. The number of rotatable bonds is 1. The largest absolute Gasteiger partial charge is 0.325 e. The summed E-state index contributed by atoms with van der Waals surface area (Å²) >= 11 is 0. The van der Waals surface area contributed by atoms with Gasteiger partial charge in [-0.05, 0) is 46.5 Å². The molecule has 0 radical (unpaired) electrons. The SMILES string of the molecule is CC1(C2CC2)NC(=O)N(C(C)(C)C)C1=O. The number of carbonyl (C=O) groups excluding carboxylic acids is 2. The Labute approximate surface area is 90.0 Å². The second kappa shape index (κ2) is 2.74. The molecular weight excluding hydrogens is 192 g/mol. The van der Waals surface area contributed by atoms with Gasteiger partial charge in [0.1, 0.15) is 5.54 Å². The summed E-state index contributed by atoms with van der Waals surface area (Å²) in [6.45, 7) is 7.48. The smallest absolute Gasteiger partial charge is 0.323 e. The van der Waals surface area contributed by atoms with Crippen molar-refractivity contribution in [3.8, 4) is 0 Å². The van der Waals surface area contributed by atoms with E-state index in [-0.39, 0.29) is 11.9 Å². The second-order valence-corrected chi connectivity index (χ2v) is 5.72. The van der Waals surface area contributed by atoms with Crippen LogP contribution in [0, 0.1) is 5.92 Å². The number of nitrogens with one attached hydrogen (secondary N) is 1. The lowest BCUT2D eigenvalue weighted by Gasteiger charge is -2.30. The molecule has 0 bridgehead atoms. The molecule has 4 nitrogen and oxygen atoms in total. The zero-order valence-electron chi connectivity index (χ0n) is 9.76. The number of nitrogens with zero attached hydrogens (tertiary/aromatic N) is 1. The van der Waals surface area contributed by atoms with E-state index in [1.54, 1.807) is 0 Å². The van der Waals surface area contributed by atoms with Gasteiger partial charge < -0.3 is 5.32 Å². The van der Waals surface area contributed by atoms with Crippen LogP contribution in [0.15, 0.2) is 0 Å². The highest BCUT2D eigenvalue weighted by molar-refractivity contribution is 6.07. The second-order valence-electron chi connectivity index (χ2n) is 5.72. The Morgan fingerprint density at radius 3 is 2.20 bits per heavy atom. The van der Waals surface area contributed by atoms with Crippen LogP contribution in [0.2, 0.25) is 0 Å². The maximum atomic E-state index is 12.2. The fraction of sp³-hybridized carbons (Fsp3) is 0.818. The molecule has 3 amide bonds. The highest BCUT2D eigenvalue weighted by atomic mass is 16.2. The fourth-order valence-corrected chi connectivity index (χ4v) is 2.20. The Kier molecular flexibility index (Phi) is 1.91. The molecule has 0 aromatic carbocycles. The molecule has 1 aliphatic heterocycles. The number of amides is 3. The van der Waals surface area contributed by atoms with Crippen LogP contribution in [-0.4, -0.2) is 27.9 Å². The predicted molar refractivity (Wildman–Crippen MR) is 56.3 cm³/mol. The standard InChI is InChI=1S/C11H18N2O2/c1-10(2,3)13-8(14)11(4,7-5-6-7)12-9(13)15/h7H,5-6H2,1-4H3,(H,12,15). The average Bonchev–Trinajstić information content (AvgIpc) is 2.79. The van der Waals surface area contributed by atoms with Gasteiger partial charge in [-0.1, -0.05) is 0 Å². The number of hydrogen-bond acceptors (Lipinski definition) is 2. The van der Waals surface area contributed by atoms with Crippen molar-refractivity contribution in [2.45, 2.75) is 51.6 Å². The summed E-state index contributed by atoms with van der Waals surface area (Å²) in [7, 11) is 0. The number of imide groups is 1. The molecule has 1 unspecified atom stereocenters. The van der Waals surface area contributed by atoms with Crippen LogP contribution in [0.5, 0.6) is 0 Å². The van der Waals surface area contributed by atoms with Gasteiger partial charge in [-0.2, -0.15) is 0 Å². The summed E-state index contributed by atoms with van der Waals surface area (Å²) in [4.78, 5) is 25.3. The van der Waals surface area contributed by atoms with Gasteiger partial charge in [-0.25, -0.2) is 4.79 Å². The molecule has 84 valence electrons. The fourth-order valence-electron chi connectivity index (χ4n) is 2.20. The van der Waals surface area contributed by atoms with Crippen LogP contribution in [0.3, 0.4) is 0 Å². The summed E-state index contributed by atoms with van der Waals surface area (Å²) < 4.78 is 0. The Hall–Kier alpha value is -1.06. The summed E-state index contributed by atoms with van der Waals surface area (Å²) in [5.41, 5.74) is -1.09. The van der Waals surface area contributed by atoms with Gasteiger partial charge in [0.25, 0.3) is 5.91 Å². The quantitative estimate of drug-likeness (QED) is 0.667. The van der Waals surface area contributed by atoms with E-state index >= 15 is 0 Å². The Balaban J connectivity index is 2.31. The lowest BCUT2D eigenvalue weighted by atomic mass is 9.94. The number of hydrogen-bond donors (Lipinski definition) is 1. The van der Waals surface area contributed by atoms with Gasteiger partial charge in [0.05, 0.1) is 0 Å². The third-order valence-corrected chi connectivity index (χ3v) is 3.28. The van der Waals surface area contributed by atoms with E-state index in [0.717, 1.165) is 12.8 Å². The number of urea groups is 1. The molecule has 1 atom stereocenters. The lowest BCUT2D eigenvalue weighted by Crippen LogP contribution is -2.49. The molecular formula is C11H18N2O2. The van der Waals surface area contributed by atoms with Crippen molar-refractivity contribution >= 4 is 11.9 Å². The molecule has 1 aliphatic carbocycles. The monoisotopic (exact) mass is 210 g/mol. The zero-order chi connectivity index (χ0) is 11.4. The predicted octanol–water partition coefficient (Wildman–Crippen LogP) is 1.51. The third-order valence-electron chi connectivity index (χ3n) is 3.28. The highest BCUT2D eigenvalue weighted by Gasteiger charge is 2.58. The van der Waals surface area contributed by atoms with E-state index in [1.165, 1.54) is 4.90 Å². The normalized spacial score (nSPS) is 32.1. The average molecular weight is 210 g/mol. The summed E-state index contributed by atoms with van der Waals surface area (Å²) in [5.74, 6) is 0.267. The van der Waals surface area contributed by atoms with Gasteiger partial charge in [0, 0.05) is 5.54 Å². The first-order chi connectivity index (χ1) is 6.77. The lowest BCUT2D eigenvalue weighted by molar-refractivity contribution is -0.134. The molecule has 1 saturated heterocycles. The van der Waals surface area contributed by atoms with Crippen LogP contribution in [0.4, 0.5) is 4.79 Å². The molecule has 1 saturated carbocycles. The molecule has 1 N–H and O–H groups in total. The van der Waals surface area contributed by atoms with Crippen LogP contribution < -0.4 is 5.32 Å². The van der Waals surface area contributed by atoms with Crippen LogP contribution in [0.25, 0.3) is 0 Å². The Bertz CT molecular complexity index is 328. The molecule has 2 aliphatic rings. The summed E-state index contributed by atoms with van der Waals surface area (Å²) in [6.07, 6.45) is 2.08. The van der Waals surface area contributed by atoms with Gasteiger partial charge >= 0.3 is 6.03 Å². The van der Waals surface area contributed by atoms with Crippen molar-refractivity contribution < 1.29 is 9.59 Å². The third kappa shape index (κ3) is 1.43. The molecule has 0 aromatic heterocycles. The minimum absolute atomic E-state index is 0.0671. The van der Waals surface area contributed by atoms with Crippen molar-refractivity contribution in [3.05, 3.63) is 0 Å². The molecule has 2 fully saturated rings. The Morgan fingerprint density at radius 2 is 1.87 bits per heavy atom. The van der Waals surface area contributed by atoms with Crippen molar-refractivity contribution in [2.24, 2.45) is 5.92 Å². The molecule has 2 rings (SSSR count). The van der Waals surface area contributed by atoms with E-state index in [2.05, 4.69) is 5.32 Å². The van der Waals surface area contributed by atoms with Crippen molar-refractivity contribution in [3.63, 3.8) is 0 Å². The maximum Gasteiger partial charge on any atom is 0.325 e. The maximum absolute atomic E-state index is 12.2. The highest BCUT2D eigenvalue weighted by Crippen LogP contribution is 2.43. The van der Waals surface area contributed by atoms with Crippen LogP contribution in [-0.2, 0) is 4.79 Å². The summed E-state index contributed by atoms with van der Waals surface area (Å²) in [6, 6.07) is -0.248. The van der Waals surface area contributed by atoms with E-state index < -0.39 is 11.1 Å². The number of carbonyl (C=O) groups is 2. The topological polar surface area (TPSA) is 49.4 Å². The summed E-state index contributed by atoms with van der Waals surface area (Å²) in [5, 5.41) is 2.84.